The lowest BCUT2D eigenvalue weighted by Gasteiger charge is -2.06. The summed E-state index contributed by atoms with van der Waals surface area (Å²) >= 11 is 0. The van der Waals surface area contributed by atoms with Gasteiger partial charge in [0.05, 0.1) is 11.9 Å². The van der Waals surface area contributed by atoms with Crippen LogP contribution in [0, 0.1) is 0 Å². The van der Waals surface area contributed by atoms with E-state index in [0.717, 1.165) is 30.5 Å². The van der Waals surface area contributed by atoms with Crippen LogP contribution >= 0.6 is 0 Å². The highest BCUT2D eigenvalue weighted by atomic mass is 19.1. The second kappa shape index (κ2) is 10.5. The van der Waals surface area contributed by atoms with Crippen molar-refractivity contribution in [2.24, 2.45) is 0 Å². The highest BCUT2D eigenvalue weighted by Crippen LogP contribution is 2.24. The van der Waals surface area contributed by atoms with E-state index in [9.17, 15) is 4.39 Å². The van der Waals surface area contributed by atoms with Gasteiger partial charge in [-0.2, -0.15) is 0 Å². The molecule has 1 nitrogen and oxygen atoms in total. The smallest absolute Gasteiger partial charge is 0.0973 e. The van der Waals surface area contributed by atoms with Crippen LogP contribution < -0.4 is 0 Å². The number of hydrogen-bond donors (Lipinski definition) is 0. The molecule has 1 aromatic heterocycles. The molecule has 1 heterocycles. The molecule has 2 heteroatoms. The standard InChI is InChI=1S/C27H28FN/c1-3-7-23-12-19-27(29-20-23)26-17-15-25(16-18-26)24-13-10-22(11-14-24)9-6-4-5-8-21(2)28/h3,6,9-21H,1,4-5,7-8H2,2H3/b9-6+. The number of rotatable bonds is 9. The molecular weight excluding hydrogens is 357 g/mol. The predicted molar refractivity (Wildman–Crippen MR) is 122 cm³/mol. The summed E-state index contributed by atoms with van der Waals surface area (Å²) in [5, 5.41) is 0. The van der Waals surface area contributed by atoms with Crippen LogP contribution in [0.2, 0.25) is 0 Å². The van der Waals surface area contributed by atoms with Gasteiger partial charge in [-0.15, -0.1) is 6.58 Å². The number of pyridine rings is 1. The summed E-state index contributed by atoms with van der Waals surface area (Å²) in [6.07, 6.45) is 10.6. The van der Waals surface area contributed by atoms with Gasteiger partial charge in [0.15, 0.2) is 0 Å². The number of aromatic nitrogens is 1. The minimum absolute atomic E-state index is 0.633. The zero-order chi connectivity index (χ0) is 20.5. The third kappa shape index (κ3) is 6.25. The molecule has 0 spiro atoms. The molecule has 0 aliphatic heterocycles. The molecular formula is C27H28FN. The second-order valence-electron chi connectivity index (χ2n) is 7.36. The Bertz CT molecular complexity index is 920. The molecule has 0 saturated heterocycles. The monoisotopic (exact) mass is 385 g/mol. The molecule has 0 aliphatic rings. The Morgan fingerprint density at radius 3 is 2.17 bits per heavy atom. The molecule has 0 fully saturated rings. The van der Waals surface area contributed by atoms with E-state index in [1.807, 2.05) is 12.3 Å². The Morgan fingerprint density at radius 1 is 0.931 bits per heavy atom. The van der Waals surface area contributed by atoms with Gasteiger partial charge in [0.1, 0.15) is 0 Å². The van der Waals surface area contributed by atoms with Crippen molar-refractivity contribution in [3.8, 4) is 22.4 Å². The van der Waals surface area contributed by atoms with Crippen molar-refractivity contribution in [1.82, 2.24) is 4.98 Å². The molecule has 0 radical (unpaired) electrons. The van der Waals surface area contributed by atoms with Crippen LogP contribution in [-0.4, -0.2) is 11.2 Å². The zero-order valence-corrected chi connectivity index (χ0v) is 17.0. The molecule has 29 heavy (non-hydrogen) atoms. The largest absolute Gasteiger partial charge is 0.256 e. The van der Waals surface area contributed by atoms with Crippen LogP contribution in [0.1, 0.15) is 37.3 Å². The number of halogens is 1. The van der Waals surface area contributed by atoms with Crippen LogP contribution in [0.5, 0.6) is 0 Å². The van der Waals surface area contributed by atoms with E-state index in [0.29, 0.717) is 6.42 Å². The maximum Gasteiger partial charge on any atom is 0.0973 e. The van der Waals surface area contributed by atoms with Crippen LogP contribution in [0.15, 0.2) is 85.6 Å². The van der Waals surface area contributed by atoms with E-state index in [4.69, 9.17) is 0 Å². The number of unbranched alkanes of at least 4 members (excludes halogenated alkanes) is 1. The second-order valence-corrected chi connectivity index (χ2v) is 7.36. The lowest BCUT2D eigenvalue weighted by atomic mass is 10.0. The van der Waals surface area contributed by atoms with Crippen molar-refractivity contribution in [3.05, 3.63) is 96.7 Å². The van der Waals surface area contributed by atoms with Crippen molar-refractivity contribution in [2.45, 2.75) is 38.8 Å². The Balaban J connectivity index is 1.62. The van der Waals surface area contributed by atoms with Crippen molar-refractivity contribution >= 4 is 6.08 Å². The third-order valence-corrected chi connectivity index (χ3v) is 4.91. The Morgan fingerprint density at radius 2 is 1.59 bits per heavy atom. The number of nitrogens with zero attached hydrogens (tertiary/aromatic N) is 1. The fourth-order valence-electron chi connectivity index (χ4n) is 3.24. The molecule has 2 aromatic carbocycles. The Hall–Kier alpha value is -3.00. The average molecular weight is 386 g/mol. The SMILES string of the molecule is C=CCc1ccc(-c2ccc(-c3ccc(/C=C/CCCC(C)F)cc3)cc2)nc1. The first kappa shape index (κ1) is 20.7. The van der Waals surface area contributed by atoms with Crippen LogP contribution in [0.25, 0.3) is 28.5 Å². The van der Waals surface area contributed by atoms with E-state index in [1.54, 1.807) is 6.92 Å². The summed E-state index contributed by atoms with van der Waals surface area (Å²) in [4.78, 5) is 4.56. The van der Waals surface area contributed by atoms with Gasteiger partial charge in [0.2, 0.25) is 0 Å². The van der Waals surface area contributed by atoms with Gasteiger partial charge in [-0.25, -0.2) is 4.39 Å². The van der Waals surface area contributed by atoms with E-state index in [2.05, 4.69) is 84.4 Å². The third-order valence-electron chi connectivity index (χ3n) is 4.91. The van der Waals surface area contributed by atoms with Crippen molar-refractivity contribution in [2.75, 3.05) is 0 Å². The zero-order valence-electron chi connectivity index (χ0n) is 17.0. The first-order valence-corrected chi connectivity index (χ1v) is 10.2. The normalized spacial score (nSPS) is 12.2. The lowest BCUT2D eigenvalue weighted by molar-refractivity contribution is 0.335. The van der Waals surface area contributed by atoms with Gasteiger partial charge < -0.3 is 0 Å². The summed E-state index contributed by atoms with van der Waals surface area (Å²) in [7, 11) is 0. The summed E-state index contributed by atoms with van der Waals surface area (Å²) in [6.45, 7) is 5.38. The van der Waals surface area contributed by atoms with Gasteiger partial charge in [-0.1, -0.05) is 72.8 Å². The molecule has 0 bridgehead atoms. The van der Waals surface area contributed by atoms with Gasteiger partial charge in [0, 0.05) is 11.8 Å². The summed E-state index contributed by atoms with van der Waals surface area (Å²) < 4.78 is 12.8. The molecule has 148 valence electrons. The minimum Gasteiger partial charge on any atom is -0.256 e. The Kier molecular flexibility index (Phi) is 7.52. The van der Waals surface area contributed by atoms with E-state index >= 15 is 0 Å². The van der Waals surface area contributed by atoms with Crippen LogP contribution in [-0.2, 0) is 6.42 Å². The molecule has 3 rings (SSSR count). The fraction of sp³-hybridized carbons (Fsp3) is 0.222. The first-order chi connectivity index (χ1) is 14.2. The Labute approximate surface area is 173 Å². The molecule has 0 amide bonds. The number of alkyl halides is 1. The van der Waals surface area contributed by atoms with E-state index in [1.165, 1.54) is 22.3 Å². The quantitative estimate of drug-likeness (QED) is 0.272. The van der Waals surface area contributed by atoms with Gasteiger partial charge in [0.25, 0.3) is 0 Å². The van der Waals surface area contributed by atoms with E-state index < -0.39 is 6.17 Å². The lowest BCUT2D eigenvalue weighted by Crippen LogP contribution is -1.90. The molecule has 1 unspecified atom stereocenters. The van der Waals surface area contributed by atoms with Gasteiger partial charge in [-0.05, 0) is 60.9 Å². The average Bonchev–Trinajstić information content (AvgIpc) is 2.75. The minimum atomic E-state index is -0.707. The molecule has 0 aliphatic carbocycles. The van der Waals surface area contributed by atoms with Gasteiger partial charge in [-0.3, -0.25) is 4.98 Å². The predicted octanol–water partition coefficient (Wildman–Crippen LogP) is 7.69. The molecule has 1 atom stereocenters. The number of hydrogen-bond acceptors (Lipinski definition) is 1. The van der Waals surface area contributed by atoms with E-state index in [-0.39, 0.29) is 0 Å². The maximum absolute atomic E-state index is 12.8. The fourth-order valence-corrected chi connectivity index (χ4v) is 3.24. The van der Waals surface area contributed by atoms with Crippen molar-refractivity contribution in [3.63, 3.8) is 0 Å². The number of benzene rings is 2. The molecule has 3 aromatic rings. The molecule has 0 saturated carbocycles. The van der Waals surface area contributed by atoms with Crippen molar-refractivity contribution in [1.29, 1.82) is 0 Å². The van der Waals surface area contributed by atoms with Crippen molar-refractivity contribution < 1.29 is 4.39 Å². The highest BCUT2D eigenvalue weighted by molar-refractivity contribution is 5.70. The molecule has 0 N–H and O–H groups in total. The number of allylic oxidation sites excluding steroid dienone is 2. The summed E-state index contributed by atoms with van der Waals surface area (Å²) in [5.74, 6) is 0. The topological polar surface area (TPSA) is 12.9 Å². The summed E-state index contributed by atoms with van der Waals surface area (Å²) in [6, 6.07) is 21.2. The van der Waals surface area contributed by atoms with Crippen LogP contribution in [0.3, 0.4) is 0 Å². The maximum atomic E-state index is 12.8. The highest BCUT2D eigenvalue weighted by Gasteiger charge is 2.02. The van der Waals surface area contributed by atoms with Gasteiger partial charge >= 0.3 is 0 Å². The summed E-state index contributed by atoms with van der Waals surface area (Å²) in [5.41, 5.74) is 6.81. The van der Waals surface area contributed by atoms with Crippen LogP contribution in [0.4, 0.5) is 4.39 Å². The first-order valence-electron chi connectivity index (χ1n) is 10.2.